The molecule has 0 bridgehead atoms. The molecule has 1 aromatic carbocycles. The maximum absolute atomic E-state index is 12.8. The second-order valence-corrected chi connectivity index (χ2v) is 10.1. The van der Waals surface area contributed by atoms with Crippen LogP contribution in [0.15, 0.2) is 17.2 Å². The number of aryl methyl sites for hydroxylation is 2. The van der Waals surface area contributed by atoms with Crippen molar-refractivity contribution in [3.63, 3.8) is 0 Å². The summed E-state index contributed by atoms with van der Waals surface area (Å²) in [7, 11) is 2.87. The average molecular weight is 488 g/mol. The molecule has 3 aromatic rings. The zero-order valence-electron chi connectivity index (χ0n) is 18.9. The van der Waals surface area contributed by atoms with Crippen LogP contribution in [-0.2, 0) is 17.6 Å². The van der Waals surface area contributed by atoms with Gasteiger partial charge in [0.25, 0.3) is 0 Å². The molecule has 2 N–H and O–H groups in total. The minimum absolute atomic E-state index is 0.0766. The molecule has 2 aromatic heterocycles. The van der Waals surface area contributed by atoms with Crippen molar-refractivity contribution in [1.82, 2.24) is 9.97 Å². The number of hydrogen-bond donors (Lipinski definition) is 2. The number of carboxylic acids is 1. The number of rotatable bonds is 7. The fraction of sp³-hybridized carbons (Fsp3) is 0.391. The van der Waals surface area contributed by atoms with Crippen LogP contribution < -0.4 is 14.8 Å². The van der Waals surface area contributed by atoms with Crippen LogP contribution in [0.2, 0.25) is 0 Å². The first-order valence-corrected chi connectivity index (χ1v) is 12.3. The first kappa shape index (κ1) is 23.3. The van der Waals surface area contributed by atoms with Crippen LogP contribution >= 0.6 is 23.1 Å². The number of fused-ring (bicyclic) bond motifs is 3. The van der Waals surface area contributed by atoms with Crippen LogP contribution in [0.1, 0.15) is 40.0 Å². The van der Waals surface area contributed by atoms with E-state index in [0.717, 1.165) is 34.5 Å². The van der Waals surface area contributed by atoms with E-state index in [9.17, 15) is 14.7 Å². The molecule has 0 saturated heterocycles. The molecule has 1 aliphatic rings. The van der Waals surface area contributed by atoms with Crippen LogP contribution in [0, 0.1) is 12.8 Å². The Labute approximate surface area is 199 Å². The molecule has 0 spiro atoms. The third-order valence-corrected chi connectivity index (χ3v) is 7.73. The Morgan fingerprint density at radius 1 is 1.24 bits per heavy atom. The van der Waals surface area contributed by atoms with Crippen molar-refractivity contribution in [3.05, 3.63) is 34.0 Å². The van der Waals surface area contributed by atoms with Gasteiger partial charge in [-0.25, -0.2) is 14.8 Å². The lowest BCUT2D eigenvalue weighted by Gasteiger charge is -2.18. The molecule has 1 atom stereocenters. The van der Waals surface area contributed by atoms with Crippen molar-refractivity contribution in [2.45, 2.75) is 38.1 Å². The largest absolute Gasteiger partial charge is 0.493 e. The van der Waals surface area contributed by atoms with Crippen LogP contribution in [0.4, 0.5) is 5.69 Å². The van der Waals surface area contributed by atoms with E-state index in [1.807, 2.05) is 6.92 Å². The first-order chi connectivity index (χ1) is 15.8. The SMILES string of the molecule is COc1cc(NC(=O)CSc2nc(C)nc3sc4c(c23)CC[C@H](C)C4)c(C(=O)O)cc1OC. The van der Waals surface area contributed by atoms with E-state index in [1.54, 1.807) is 11.3 Å². The fourth-order valence-electron chi connectivity index (χ4n) is 3.99. The van der Waals surface area contributed by atoms with Gasteiger partial charge in [-0.1, -0.05) is 18.7 Å². The van der Waals surface area contributed by atoms with E-state index >= 15 is 0 Å². The van der Waals surface area contributed by atoms with Gasteiger partial charge in [0, 0.05) is 22.4 Å². The minimum atomic E-state index is -1.17. The molecule has 33 heavy (non-hydrogen) atoms. The number of thioether (sulfide) groups is 1. The van der Waals surface area contributed by atoms with Crippen molar-refractivity contribution in [1.29, 1.82) is 0 Å². The van der Waals surface area contributed by atoms with Crippen LogP contribution in [0.25, 0.3) is 10.2 Å². The van der Waals surface area contributed by atoms with Gasteiger partial charge in [0.1, 0.15) is 15.7 Å². The highest BCUT2D eigenvalue weighted by Crippen LogP contribution is 2.41. The monoisotopic (exact) mass is 487 g/mol. The van der Waals surface area contributed by atoms with Gasteiger partial charge >= 0.3 is 5.97 Å². The normalized spacial score (nSPS) is 15.2. The van der Waals surface area contributed by atoms with Crippen LogP contribution in [0.5, 0.6) is 11.5 Å². The third-order valence-electron chi connectivity index (χ3n) is 5.60. The highest BCUT2D eigenvalue weighted by molar-refractivity contribution is 8.00. The number of carbonyl (C=O) groups excluding carboxylic acids is 1. The summed E-state index contributed by atoms with van der Waals surface area (Å²) in [5.41, 5.74) is 1.38. The second-order valence-electron chi connectivity index (χ2n) is 8.00. The molecular weight excluding hydrogens is 462 g/mol. The number of benzene rings is 1. The number of methoxy groups -OCH3 is 2. The maximum atomic E-state index is 12.8. The van der Waals surface area contributed by atoms with E-state index < -0.39 is 5.97 Å². The number of nitrogens with zero attached hydrogens (tertiary/aromatic N) is 2. The molecule has 0 fully saturated rings. The van der Waals surface area contributed by atoms with Gasteiger partial charge in [0.2, 0.25) is 5.91 Å². The molecule has 2 heterocycles. The topological polar surface area (TPSA) is 111 Å². The Balaban J connectivity index is 1.57. The van der Waals surface area contributed by atoms with E-state index in [0.29, 0.717) is 17.5 Å². The predicted octanol–water partition coefficient (Wildman–Crippen LogP) is 4.57. The highest BCUT2D eigenvalue weighted by atomic mass is 32.2. The highest BCUT2D eigenvalue weighted by Gasteiger charge is 2.24. The summed E-state index contributed by atoms with van der Waals surface area (Å²) in [4.78, 5) is 36.1. The average Bonchev–Trinajstić information content (AvgIpc) is 3.13. The Bertz CT molecular complexity index is 1240. The van der Waals surface area contributed by atoms with Gasteiger partial charge in [0.15, 0.2) is 11.5 Å². The molecule has 0 saturated carbocycles. The third kappa shape index (κ3) is 4.77. The summed E-state index contributed by atoms with van der Waals surface area (Å²) in [6.07, 6.45) is 3.18. The van der Waals surface area contributed by atoms with Crippen LogP contribution in [-0.4, -0.2) is 46.9 Å². The lowest BCUT2D eigenvalue weighted by molar-refractivity contribution is -0.113. The number of hydrogen-bond acceptors (Lipinski definition) is 8. The number of anilines is 1. The number of amides is 1. The quantitative estimate of drug-likeness (QED) is 0.368. The number of carbonyl (C=O) groups is 2. The fourth-order valence-corrected chi connectivity index (χ4v) is 6.39. The van der Waals surface area contributed by atoms with Crippen molar-refractivity contribution in [2.75, 3.05) is 25.3 Å². The van der Waals surface area contributed by atoms with Gasteiger partial charge in [-0.15, -0.1) is 11.3 Å². The number of aromatic nitrogens is 2. The zero-order valence-corrected chi connectivity index (χ0v) is 20.5. The van der Waals surface area contributed by atoms with E-state index in [4.69, 9.17) is 9.47 Å². The number of ether oxygens (including phenoxy) is 2. The zero-order chi connectivity index (χ0) is 23.7. The smallest absolute Gasteiger partial charge is 0.337 e. The van der Waals surface area contributed by atoms with Gasteiger partial charge in [0.05, 0.1) is 31.2 Å². The van der Waals surface area contributed by atoms with Crippen molar-refractivity contribution >= 4 is 50.9 Å². The Kier molecular flexibility index (Phi) is 6.76. The standard InChI is InChI=1S/C23H25N3O5S2/c1-11-5-6-13-18(7-11)33-22-20(13)21(24-12(2)25-22)32-10-19(27)26-15-9-17(31-4)16(30-3)8-14(15)23(28)29/h8-9,11H,5-7,10H2,1-4H3,(H,26,27)(H,28,29)/t11-/m0/s1. The lowest BCUT2D eigenvalue weighted by atomic mass is 9.89. The van der Waals surface area contributed by atoms with Gasteiger partial charge in [-0.2, -0.15) is 0 Å². The van der Waals surface area contributed by atoms with Crippen molar-refractivity contribution in [2.24, 2.45) is 5.92 Å². The molecule has 0 aliphatic heterocycles. The molecule has 174 valence electrons. The lowest BCUT2D eigenvalue weighted by Crippen LogP contribution is -2.17. The first-order valence-electron chi connectivity index (χ1n) is 10.5. The van der Waals surface area contributed by atoms with Crippen molar-refractivity contribution in [3.8, 4) is 11.5 Å². The van der Waals surface area contributed by atoms with Gasteiger partial charge in [-0.05, 0) is 37.7 Å². The predicted molar refractivity (Wildman–Crippen MR) is 129 cm³/mol. The number of aromatic carboxylic acids is 1. The Morgan fingerprint density at radius 3 is 2.67 bits per heavy atom. The summed E-state index contributed by atoms with van der Waals surface area (Å²) < 4.78 is 10.4. The van der Waals surface area contributed by atoms with E-state index in [1.165, 1.54) is 48.6 Å². The summed E-state index contributed by atoms with van der Waals surface area (Å²) in [5.74, 6) is 0.509. The van der Waals surface area contributed by atoms with E-state index in [-0.39, 0.29) is 28.7 Å². The van der Waals surface area contributed by atoms with Gasteiger partial charge in [-0.3, -0.25) is 4.79 Å². The molecule has 0 radical (unpaired) electrons. The van der Waals surface area contributed by atoms with E-state index in [2.05, 4.69) is 22.2 Å². The summed E-state index contributed by atoms with van der Waals surface area (Å²) in [6, 6.07) is 2.79. The molecule has 1 amide bonds. The van der Waals surface area contributed by atoms with Crippen molar-refractivity contribution < 1.29 is 24.2 Å². The molecule has 0 unspecified atom stereocenters. The maximum Gasteiger partial charge on any atom is 0.337 e. The number of nitrogens with one attached hydrogen (secondary N) is 1. The van der Waals surface area contributed by atoms with Crippen LogP contribution in [0.3, 0.4) is 0 Å². The Hall–Kier alpha value is -2.85. The van der Waals surface area contributed by atoms with Gasteiger partial charge < -0.3 is 19.9 Å². The summed E-state index contributed by atoms with van der Waals surface area (Å²) >= 11 is 3.07. The number of thiophene rings is 1. The molecule has 1 aliphatic carbocycles. The number of carboxylic acid groups (broad SMARTS) is 1. The Morgan fingerprint density at radius 2 is 1.97 bits per heavy atom. The minimum Gasteiger partial charge on any atom is -0.493 e. The second kappa shape index (κ2) is 9.56. The molecule has 10 heteroatoms. The molecular formula is C23H25N3O5S2. The summed E-state index contributed by atoms with van der Waals surface area (Å²) in [6.45, 7) is 4.12. The molecule has 8 nitrogen and oxygen atoms in total. The molecule has 4 rings (SSSR count). The summed E-state index contributed by atoms with van der Waals surface area (Å²) in [5, 5.41) is 14.1.